The fraction of sp³-hybridized carbons (Fsp3) is 0.400. The highest BCUT2D eigenvalue weighted by molar-refractivity contribution is 7.16. The second-order valence-electron chi connectivity index (χ2n) is 10.5. The lowest BCUT2D eigenvalue weighted by Crippen LogP contribution is -2.27. The Morgan fingerprint density at radius 1 is 1.05 bits per heavy atom. The maximum Gasteiger partial charge on any atom is 0.259 e. The van der Waals surface area contributed by atoms with E-state index in [1.165, 1.54) is 4.88 Å². The minimum atomic E-state index is -0.118. The van der Waals surface area contributed by atoms with Gasteiger partial charge in [-0.05, 0) is 60.8 Å². The number of nitrogens with zero attached hydrogens (tertiary/aromatic N) is 1. The fourth-order valence-electron chi connectivity index (χ4n) is 4.82. The maximum atomic E-state index is 13.7. The van der Waals surface area contributed by atoms with Gasteiger partial charge in [0.1, 0.15) is 10.8 Å². The fourth-order valence-corrected chi connectivity index (χ4v) is 6.08. The molecule has 1 aromatic heterocycles. The third-order valence-corrected chi connectivity index (χ3v) is 8.31. The van der Waals surface area contributed by atoms with Gasteiger partial charge in [-0.15, -0.1) is 11.3 Å². The molecule has 4 rings (SSSR count). The molecule has 2 aromatic carbocycles. The zero-order valence-corrected chi connectivity index (χ0v) is 23.5. The van der Waals surface area contributed by atoms with Crippen LogP contribution in [0.5, 0.6) is 17.2 Å². The van der Waals surface area contributed by atoms with Gasteiger partial charge in [0.25, 0.3) is 5.91 Å². The average Bonchev–Trinajstić information content (AvgIpc) is 3.25. The number of amides is 1. The highest BCUT2D eigenvalue weighted by Gasteiger charge is 2.33. The number of fused-ring (bicyclic) bond motifs is 1. The molecule has 1 N–H and O–H groups in total. The number of benzene rings is 2. The number of methoxy groups -OCH3 is 3. The molecule has 1 heterocycles. The number of carbonyl (C=O) groups is 1. The minimum absolute atomic E-state index is 0.118. The molecular weight excluding hydrogens is 484 g/mol. The summed E-state index contributed by atoms with van der Waals surface area (Å²) in [5, 5.41) is 3.84. The van der Waals surface area contributed by atoms with E-state index in [2.05, 4.69) is 26.1 Å². The van der Waals surface area contributed by atoms with E-state index in [-0.39, 0.29) is 11.3 Å². The number of ether oxygens (including phenoxy) is 3. The topological polar surface area (TPSA) is 69.1 Å². The molecule has 1 unspecified atom stereocenters. The molecule has 7 heteroatoms. The number of anilines is 1. The number of para-hydroxylation sites is 1. The predicted molar refractivity (Wildman–Crippen MR) is 152 cm³/mol. The molecule has 1 atom stereocenters. The molecule has 0 saturated heterocycles. The second kappa shape index (κ2) is 11.0. The number of rotatable bonds is 7. The Morgan fingerprint density at radius 3 is 2.38 bits per heavy atom. The Balaban J connectivity index is 1.76. The zero-order chi connectivity index (χ0) is 26.7. The van der Waals surface area contributed by atoms with E-state index in [1.807, 2.05) is 37.3 Å². The van der Waals surface area contributed by atoms with E-state index in [9.17, 15) is 4.79 Å². The first-order valence-corrected chi connectivity index (χ1v) is 13.3. The van der Waals surface area contributed by atoms with Gasteiger partial charge in [-0.25, -0.2) is 4.99 Å². The third-order valence-electron chi connectivity index (χ3n) is 7.15. The summed E-state index contributed by atoms with van der Waals surface area (Å²) in [7, 11) is 4.79. The summed E-state index contributed by atoms with van der Waals surface area (Å²) in [5.41, 5.74) is 4.58. The van der Waals surface area contributed by atoms with Gasteiger partial charge in [0.05, 0.1) is 26.9 Å². The number of aliphatic imine (C=N–C) groups is 1. The second-order valence-corrected chi connectivity index (χ2v) is 11.5. The molecule has 6 nitrogen and oxygen atoms in total. The third kappa shape index (κ3) is 5.67. The highest BCUT2D eigenvalue weighted by atomic mass is 32.1. The van der Waals surface area contributed by atoms with Crippen molar-refractivity contribution in [3.63, 3.8) is 0 Å². The maximum absolute atomic E-state index is 13.7. The van der Waals surface area contributed by atoms with E-state index in [4.69, 9.17) is 19.2 Å². The molecule has 1 aliphatic carbocycles. The Labute approximate surface area is 223 Å². The summed E-state index contributed by atoms with van der Waals surface area (Å²) in [6.07, 6.45) is 4.64. The summed E-state index contributed by atoms with van der Waals surface area (Å²) in [6, 6.07) is 11.4. The summed E-state index contributed by atoms with van der Waals surface area (Å²) in [4.78, 5) is 19.8. The van der Waals surface area contributed by atoms with Crippen molar-refractivity contribution in [2.24, 2.45) is 16.3 Å². The lowest BCUT2D eigenvalue weighted by atomic mass is 9.72. The summed E-state index contributed by atoms with van der Waals surface area (Å²) in [6.45, 7) is 8.88. The van der Waals surface area contributed by atoms with Crippen molar-refractivity contribution in [1.82, 2.24) is 0 Å². The van der Waals surface area contributed by atoms with Gasteiger partial charge in [-0.1, -0.05) is 39.0 Å². The molecule has 3 aromatic rings. The molecule has 0 saturated carbocycles. The smallest absolute Gasteiger partial charge is 0.259 e. The van der Waals surface area contributed by atoms with Crippen LogP contribution in [-0.4, -0.2) is 33.5 Å². The number of thiophene rings is 1. The molecule has 0 bridgehead atoms. The number of nitrogens with one attached hydrogen (secondary N) is 1. The largest absolute Gasteiger partial charge is 0.496 e. The van der Waals surface area contributed by atoms with Crippen molar-refractivity contribution in [3.05, 3.63) is 63.5 Å². The monoisotopic (exact) mass is 520 g/mol. The first-order chi connectivity index (χ1) is 17.7. The van der Waals surface area contributed by atoms with E-state index in [0.717, 1.165) is 41.6 Å². The Morgan fingerprint density at radius 2 is 1.73 bits per heavy atom. The number of carbonyl (C=O) groups excluding carboxylic acids is 1. The Hall–Kier alpha value is -3.32. The van der Waals surface area contributed by atoms with Crippen LogP contribution in [0.3, 0.4) is 0 Å². The SMILES string of the molecule is COc1cc(OC)c(OC)cc1C=Nc1sc2c(c1C(=O)Nc1ccccc1C)CCC(C(C)(C)C)C2. The molecule has 1 aliphatic rings. The van der Waals surface area contributed by atoms with Crippen molar-refractivity contribution >= 4 is 34.1 Å². The summed E-state index contributed by atoms with van der Waals surface area (Å²) >= 11 is 1.62. The van der Waals surface area contributed by atoms with Crippen LogP contribution in [0.4, 0.5) is 10.7 Å². The van der Waals surface area contributed by atoms with Crippen LogP contribution in [-0.2, 0) is 12.8 Å². The minimum Gasteiger partial charge on any atom is -0.496 e. The van der Waals surface area contributed by atoms with Gasteiger partial charge in [0.15, 0.2) is 11.5 Å². The van der Waals surface area contributed by atoms with Gasteiger partial charge in [-0.3, -0.25) is 4.79 Å². The predicted octanol–water partition coefficient (Wildman–Crippen LogP) is 7.24. The van der Waals surface area contributed by atoms with Gasteiger partial charge in [0.2, 0.25) is 0 Å². The molecule has 196 valence electrons. The Kier molecular flexibility index (Phi) is 7.93. The molecule has 1 amide bonds. The normalized spacial score (nSPS) is 15.4. The van der Waals surface area contributed by atoms with Crippen LogP contribution >= 0.6 is 11.3 Å². The van der Waals surface area contributed by atoms with E-state index in [1.54, 1.807) is 44.9 Å². The van der Waals surface area contributed by atoms with Crippen LogP contribution < -0.4 is 19.5 Å². The van der Waals surface area contributed by atoms with Gasteiger partial charge >= 0.3 is 0 Å². The van der Waals surface area contributed by atoms with E-state index >= 15 is 0 Å². The van der Waals surface area contributed by atoms with Crippen LogP contribution in [0.25, 0.3) is 0 Å². The highest BCUT2D eigenvalue weighted by Crippen LogP contribution is 2.45. The van der Waals surface area contributed by atoms with E-state index in [0.29, 0.717) is 33.7 Å². The van der Waals surface area contributed by atoms with Crippen LogP contribution in [0.15, 0.2) is 41.4 Å². The molecular formula is C30H36N2O4S. The lowest BCUT2D eigenvalue weighted by Gasteiger charge is -2.33. The van der Waals surface area contributed by atoms with Crippen LogP contribution in [0, 0.1) is 18.3 Å². The molecule has 0 spiro atoms. The van der Waals surface area contributed by atoms with Crippen molar-refractivity contribution < 1.29 is 19.0 Å². The first-order valence-electron chi connectivity index (χ1n) is 12.5. The van der Waals surface area contributed by atoms with Crippen molar-refractivity contribution in [1.29, 1.82) is 0 Å². The van der Waals surface area contributed by atoms with Crippen LogP contribution in [0.2, 0.25) is 0 Å². The summed E-state index contributed by atoms with van der Waals surface area (Å²) < 4.78 is 16.5. The Bertz CT molecular complexity index is 1320. The molecule has 0 aliphatic heterocycles. The molecule has 37 heavy (non-hydrogen) atoms. The number of aryl methyl sites for hydroxylation is 1. The zero-order valence-electron chi connectivity index (χ0n) is 22.7. The quantitative estimate of drug-likeness (QED) is 0.334. The standard InChI is InChI=1S/C30H36N2O4S/c1-18-10-8-9-11-22(18)32-28(33)27-21-13-12-20(30(2,3)4)15-26(21)37-29(27)31-17-19-14-24(35-6)25(36-7)16-23(19)34-5/h8-11,14,16-17,20H,12-13,15H2,1-7H3,(H,32,33). The number of hydrogen-bond donors (Lipinski definition) is 1. The van der Waals surface area contributed by atoms with Gasteiger partial charge < -0.3 is 19.5 Å². The van der Waals surface area contributed by atoms with Crippen molar-refractivity contribution in [2.75, 3.05) is 26.6 Å². The van der Waals surface area contributed by atoms with E-state index < -0.39 is 0 Å². The number of hydrogen-bond acceptors (Lipinski definition) is 6. The van der Waals surface area contributed by atoms with Crippen molar-refractivity contribution in [3.8, 4) is 17.2 Å². The molecule has 0 radical (unpaired) electrons. The average molecular weight is 521 g/mol. The first kappa shape index (κ1) is 26.7. The molecule has 0 fully saturated rings. The van der Waals surface area contributed by atoms with Gasteiger partial charge in [-0.2, -0.15) is 0 Å². The van der Waals surface area contributed by atoms with Crippen LogP contribution in [0.1, 0.15) is 59.1 Å². The van der Waals surface area contributed by atoms with Gasteiger partial charge in [0, 0.05) is 28.4 Å². The lowest BCUT2D eigenvalue weighted by molar-refractivity contribution is 0.102. The summed E-state index contributed by atoms with van der Waals surface area (Å²) in [5.74, 6) is 2.22. The van der Waals surface area contributed by atoms with Crippen molar-refractivity contribution in [2.45, 2.75) is 47.0 Å².